The van der Waals surface area contributed by atoms with Crippen LogP contribution in [0.15, 0.2) is 23.1 Å². The van der Waals surface area contributed by atoms with Gasteiger partial charge in [-0.15, -0.1) is 13.2 Å². The van der Waals surface area contributed by atoms with E-state index in [1.807, 2.05) is 0 Å². The number of anilines is 1. The van der Waals surface area contributed by atoms with Gasteiger partial charge in [-0.25, -0.2) is 0 Å². The molecule has 0 saturated carbocycles. The molecule has 1 aromatic carbocycles. The summed E-state index contributed by atoms with van der Waals surface area (Å²) in [5.41, 5.74) is 0.787. The van der Waals surface area contributed by atoms with E-state index in [9.17, 15) is 13.2 Å². The first-order chi connectivity index (χ1) is 7.48. The predicted molar refractivity (Wildman–Crippen MR) is 55.5 cm³/mol. The van der Waals surface area contributed by atoms with Gasteiger partial charge in [0.2, 0.25) is 0 Å². The Kier molecular flexibility index (Phi) is 2.90. The number of rotatable bonds is 2. The fraction of sp³-hybridized carbons (Fsp3) is 0.333. The number of benzene rings is 1. The summed E-state index contributed by atoms with van der Waals surface area (Å²) in [4.78, 5) is 0.737. The minimum atomic E-state index is -4.65. The van der Waals surface area contributed by atoms with E-state index in [2.05, 4.69) is 15.4 Å². The van der Waals surface area contributed by atoms with E-state index < -0.39 is 6.36 Å². The topological polar surface area (TPSA) is 33.3 Å². The van der Waals surface area contributed by atoms with Crippen molar-refractivity contribution >= 4 is 17.4 Å². The zero-order valence-corrected chi connectivity index (χ0v) is 9.08. The highest BCUT2D eigenvalue weighted by atomic mass is 32.2. The summed E-state index contributed by atoms with van der Waals surface area (Å²) in [6.07, 6.45) is -4.65. The Bertz CT molecular complexity index is 397. The van der Waals surface area contributed by atoms with Crippen LogP contribution in [0.2, 0.25) is 0 Å². The molecule has 1 heterocycles. The van der Waals surface area contributed by atoms with Gasteiger partial charge < -0.3 is 10.1 Å². The van der Waals surface area contributed by atoms with Crippen LogP contribution in [0.3, 0.4) is 0 Å². The molecule has 0 fully saturated rings. The van der Waals surface area contributed by atoms with Gasteiger partial charge in [0.15, 0.2) is 0 Å². The number of fused-ring (bicyclic) bond motifs is 1. The molecule has 0 spiro atoms. The van der Waals surface area contributed by atoms with Crippen molar-refractivity contribution in [2.75, 3.05) is 12.4 Å². The lowest BCUT2D eigenvalue weighted by atomic mass is 10.3. The average Bonchev–Trinajstić information content (AvgIpc) is 2.57. The minimum Gasteiger partial charge on any atom is -0.406 e. The smallest absolute Gasteiger partial charge is 0.406 e. The Labute approximate surface area is 94.4 Å². The number of ether oxygens (including phenoxy) is 1. The van der Waals surface area contributed by atoms with Crippen LogP contribution in [0.1, 0.15) is 0 Å². The van der Waals surface area contributed by atoms with E-state index in [0.717, 1.165) is 10.6 Å². The summed E-state index contributed by atoms with van der Waals surface area (Å²) in [6, 6.07) is 4.23. The lowest BCUT2D eigenvalue weighted by Gasteiger charge is -2.09. The number of thioether (sulfide) groups is 1. The summed E-state index contributed by atoms with van der Waals surface area (Å²) < 4.78 is 39.8. The Hall–Kier alpha value is -1.08. The van der Waals surface area contributed by atoms with Gasteiger partial charge in [0.25, 0.3) is 0 Å². The van der Waals surface area contributed by atoms with Gasteiger partial charge in [0, 0.05) is 4.90 Å². The number of hydrogen-bond acceptors (Lipinski definition) is 4. The molecule has 0 radical (unpaired) electrons. The van der Waals surface area contributed by atoms with E-state index in [4.69, 9.17) is 0 Å². The van der Waals surface area contributed by atoms with Crippen LogP contribution in [0, 0.1) is 0 Å². The van der Waals surface area contributed by atoms with Crippen LogP contribution >= 0.6 is 11.8 Å². The second-order valence-electron chi connectivity index (χ2n) is 3.14. The molecule has 16 heavy (non-hydrogen) atoms. The zero-order chi connectivity index (χ0) is 11.8. The Balaban J connectivity index is 2.16. The van der Waals surface area contributed by atoms with E-state index in [0.29, 0.717) is 0 Å². The largest absolute Gasteiger partial charge is 0.573 e. The quantitative estimate of drug-likeness (QED) is 0.845. The minimum absolute atomic E-state index is 0.0175. The third-order valence-electron chi connectivity index (χ3n) is 1.98. The second-order valence-corrected chi connectivity index (χ2v) is 4.28. The highest BCUT2D eigenvalue weighted by Crippen LogP contribution is 2.40. The van der Waals surface area contributed by atoms with E-state index >= 15 is 0 Å². The highest BCUT2D eigenvalue weighted by Gasteiger charge is 2.31. The van der Waals surface area contributed by atoms with Crippen molar-refractivity contribution in [3.05, 3.63) is 18.2 Å². The summed E-state index contributed by atoms with van der Waals surface area (Å²) >= 11 is 1.41. The first-order valence-electron chi connectivity index (χ1n) is 4.48. The molecule has 0 bridgehead atoms. The average molecular weight is 250 g/mol. The van der Waals surface area contributed by atoms with Crippen molar-refractivity contribution in [1.82, 2.24) is 5.32 Å². The molecule has 0 amide bonds. The Morgan fingerprint density at radius 3 is 2.81 bits per heavy atom. The maximum Gasteiger partial charge on any atom is 0.573 e. The molecule has 1 atom stereocenters. The lowest BCUT2D eigenvalue weighted by molar-refractivity contribution is -0.274. The molecule has 3 nitrogen and oxygen atoms in total. The van der Waals surface area contributed by atoms with Crippen LogP contribution in [0.25, 0.3) is 0 Å². The molecule has 0 aliphatic carbocycles. The summed E-state index contributed by atoms with van der Waals surface area (Å²) in [5, 5.41) is 6.06. The number of halogens is 3. The third kappa shape index (κ3) is 2.53. The van der Waals surface area contributed by atoms with Gasteiger partial charge in [0.1, 0.15) is 11.2 Å². The number of nitrogens with one attached hydrogen (secondary N) is 2. The SMILES string of the molecule is CNC1Nc2ccc(OC(F)(F)F)cc2S1. The van der Waals surface area contributed by atoms with Crippen LogP contribution in [-0.4, -0.2) is 18.9 Å². The van der Waals surface area contributed by atoms with Crippen molar-refractivity contribution in [3.8, 4) is 5.75 Å². The maximum absolute atomic E-state index is 12.0. The Morgan fingerprint density at radius 1 is 1.44 bits per heavy atom. The Morgan fingerprint density at radius 2 is 2.19 bits per heavy atom. The number of hydrogen-bond donors (Lipinski definition) is 2. The van der Waals surface area contributed by atoms with E-state index in [1.165, 1.54) is 23.9 Å². The zero-order valence-electron chi connectivity index (χ0n) is 8.26. The van der Waals surface area contributed by atoms with Crippen molar-refractivity contribution in [2.45, 2.75) is 16.8 Å². The normalized spacial score (nSPS) is 19.1. The van der Waals surface area contributed by atoms with Crippen LogP contribution in [-0.2, 0) is 0 Å². The van der Waals surface area contributed by atoms with E-state index in [1.54, 1.807) is 13.1 Å². The van der Waals surface area contributed by atoms with Crippen LogP contribution in [0.5, 0.6) is 5.75 Å². The highest BCUT2D eigenvalue weighted by molar-refractivity contribution is 8.00. The van der Waals surface area contributed by atoms with Gasteiger partial charge >= 0.3 is 6.36 Å². The third-order valence-corrected chi connectivity index (χ3v) is 3.16. The van der Waals surface area contributed by atoms with Gasteiger partial charge in [-0.2, -0.15) is 0 Å². The molecule has 1 aromatic rings. The first kappa shape index (κ1) is 11.4. The maximum atomic E-state index is 12.0. The molecule has 2 rings (SSSR count). The molecule has 0 aromatic heterocycles. The van der Waals surface area contributed by atoms with Crippen molar-refractivity contribution in [1.29, 1.82) is 0 Å². The molecular formula is C9H9F3N2OS. The van der Waals surface area contributed by atoms with Gasteiger partial charge in [-0.05, 0) is 25.2 Å². The van der Waals surface area contributed by atoms with Crippen molar-refractivity contribution in [2.24, 2.45) is 0 Å². The lowest BCUT2D eigenvalue weighted by Crippen LogP contribution is -2.25. The molecule has 1 aliphatic rings. The molecule has 2 N–H and O–H groups in total. The van der Waals surface area contributed by atoms with Crippen LogP contribution in [0.4, 0.5) is 18.9 Å². The van der Waals surface area contributed by atoms with E-state index in [-0.39, 0.29) is 11.2 Å². The fourth-order valence-electron chi connectivity index (χ4n) is 1.35. The number of alkyl halides is 3. The van der Waals surface area contributed by atoms with Crippen molar-refractivity contribution in [3.63, 3.8) is 0 Å². The van der Waals surface area contributed by atoms with Crippen LogP contribution < -0.4 is 15.4 Å². The second kappa shape index (κ2) is 4.06. The van der Waals surface area contributed by atoms with Crippen molar-refractivity contribution < 1.29 is 17.9 Å². The molecule has 1 aliphatic heterocycles. The summed E-state index contributed by atoms with van der Waals surface area (Å²) in [5.74, 6) is -0.197. The molecular weight excluding hydrogens is 241 g/mol. The fourth-order valence-corrected chi connectivity index (χ4v) is 2.34. The molecule has 7 heteroatoms. The molecule has 88 valence electrons. The van der Waals surface area contributed by atoms with Gasteiger partial charge in [-0.3, -0.25) is 5.32 Å². The standard InChI is InChI=1S/C9H9F3N2OS/c1-13-8-14-6-3-2-5(4-7(6)16-8)15-9(10,11)12/h2-4,8,13-14H,1H3. The summed E-state index contributed by atoms with van der Waals surface area (Å²) in [7, 11) is 1.77. The van der Waals surface area contributed by atoms with Gasteiger partial charge in [-0.1, -0.05) is 11.8 Å². The monoisotopic (exact) mass is 250 g/mol. The molecule has 0 saturated heterocycles. The first-order valence-corrected chi connectivity index (χ1v) is 5.36. The predicted octanol–water partition coefficient (Wildman–Crippen LogP) is 2.61. The molecule has 1 unspecified atom stereocenters. The van der Waals surface area contributed by atoms with Gasteiger partial charge in [0.05, 0.1) is 5.69 Å². The summed E-state index contributed by atoms with van der Waals surface area (Å²) in [6.45, 7) is 0.